The lowest BCUT2D eigenvalue weighted by Gasteiger charge is -2.33. The minimum atomic E-state index is -0.159. The van der Waals surface area contributed by atoms with Crippen LogP contribution in [0.25, 0.3) is 0 Å². The van der Waals surface area contributed by atoms with E-state index in [1.165, 1.54) is 0 Å². The molecule has 116 valence electrons. The molecule has 2 fully saturated rings. The largest absolute Gasteiger partial charge is 0.378 e. The van der Waals surface area contributed by atoms with Crippen molar-refractivity contribution in [2.24, 2.45) is 0 Å². The molecule has 0 aromatic heterocycles. The lowest BCUT2D eigenvalue weighted by molar-refractivity contribution is -0.137. The number of carbonyl (C=O) groups excluding carboxylic acids is 1. The summed E-state index contributed by atoms with van der Waals surface area (Å²) in [7, 11) is 0. The van der Waals surface area contributed by atoms with Gasteiger partial charge in [-0.3, -0.25) is 9.69 Å². The number of ether oxygens (including phenoxy) is 2. The Bertz CT molecular complexity index is 308. The van der Waals surface area contributed by atoms with Gasteiger partial charge in [-0.1, -0.05) is 6.92 Å². The first-order chi connectivity index (χ1) is 9.70. The number of carbonyl (C=O) groups is 1. The molecule has 1 N–H and O–H groups in total. The molecule has 6 nitrogen and oxygen atoms in total. The van der Waals surface area contributed by atoms with Gasteiger partial charge in [-0.25, -0.2) is 0 Å². The summed E-state index contributed by atoms with van der Waals surface area (Å²) in [5, 5.41) is 3.31. The molecular formula is C14H27N3O3. The predicted octanol–water partition coefficient (Wildman–Crippen LogP) is -0.456. The van der Waals surface area contributed by atoms with E-state index >= 15 is 0 Å². The van der Waals surface area contributed by atoms with Crippen molar-refractivity contribution in [2.75, 3.05) is 59.1 Å². The van der Waals surface area contributed by atoms with E-state index in [0.29, 0.717) is 26.3 Å². The Labute approximate surface area is 121 Å². The molecule has 0 spiro atoms. The summed E-state index contributed by atoms with van der Waals surface area (Å²) >= 11 is 0. The van der Waals surface area contributed by atoms with E-state index in [-0.39, 0.29) is 18.1 Å². The third kappa shape index (κ3) is 4.41. The molecule has 0 aromatic carbocycles. The van der Waals surface area contributed by atoms with Crippen molar-refractivity contribution in [2.45, 2.75) is 26.0 Å². The highest BCUT2D eigenvalue weighted by Gasteiger charge is 2.24. The zero-order chi connectivity index (χ0) is 14.4. The van der Waals surface area contributed by atoms with Crippen LogP contribution >= 0.6 is 0 Å². The second-order valence-corrected chi connectivity index (χ2v) is 5.45. The van der Waals surface area contributed by atoms with Crippen LogP contribution < -0.4 is 5.32 Å². The summed E-state index contributed by atoms with van der Waals surface area (Å²) in [4.78, 5) is 16.5. The molecule has 20 heavy (non-hydrogen) atoms. The van der Waals surface area contributed by atoms with Gasteiger partial charge in [0.25, 0.3) is 0 Å². The van der Waals surface area contributed by atoms with Crippen molar-refractivity contribution in [1.82, 2.24) is 15.1 Å². The monoisotopic (exact) mass is 285 g/mol. The lowest BCUT2D eigenvalue weighted by Crippen LogP contribution is -2.52. The van der Waals surface area contributed by atoms with E-state index in [0.717, 1.165) is 32.8 Å². The quantitative estimate of drug-likeness (QED) is 0.741. The van der Waals surface area contributed by atoms with Crippen LogP contribution in [0.15, 0.2) is 0 Å². The number of amides is 1. The molecule has 0 saturated carbocycles. The van der Waals surface area contributed by atoms with E-state index in [4.69, 9.17) is 9.47 Å². The van der Waals surface area contributed by atoms with Gasteiger partial charge in [0, 0.05) is 32.7 Å². The maximum absolute atomic E-state index is 12.2. The standard InChI is InChI=1S/C14H27N3O3/c1-3-16-4-9-20-13(11-16)10-15-12(2)14(18)17-5-7-19-8-6-17/h12-13,15H,3-11H2,1-2H3. The Kier molecular flexibility index (Phi) is 6.22. The maximum atomic E-state index is 12.2. The molecule has 0 aliphatic carbocycles. The van der Waals surface area contributed by atoms with Crippen molar-refractivity contribution < 1.29 is 14.3 Å². The maximum Gasteiger partial charge on any atom is 0.239 e. The first kappa shape index (κ1) is 15.7. The van der Waals surface area contributed by atoms with Crippen molar-refractivity contribution >= 4 is 5.91 Å². The Hall–Kier alpha value is -0.690. The molecular weight excluding hydrogens is 258 g/mol. The normalized spacial score (nSPS) is 26.5. The average molecular weight is 285 g/mol. The van der Waals surface area contributed by atoms with E-state index in [1.807, 2.05) is 11.8 Å². The summed E-state index contributed by atoms with van der Waals surface area (Å²) in [5.74, 6) is 0.163. The third-order valence-corrected chi connectivity index (χ3v) is 4.02. The number of nitrogens with zero attached hydrogens (tertiary/aromatic N) is 2. The van der Waals surface area contributed by atoms with E-state index in [2.05, 4.69) is 17.1 Å². The number of nitrogens with one attached hydrogen (secondary N) is 1. The van der Waals surface area contributed by atoms with Crippen molar-refractivity contribution in [3.05, 3.63) is 0 Å². The summed E-state index contributed by atoms with van der Waals surface area (Å²) in [6.45, 7) is 11.3. The van der Waals surface area contributed by atoms with E-state index < -0.39 is 0 Å². The van der Waals surface area contributed by atoms with Crippen molar-refractivity contribution in [3.8, 4) is 0 Å². The molecule has 2 heterocycles. The van der Waals surface area contributed by atoms with Crippen molar-refractivity contribution in [1.29, 1.82) is 0 Å². The molecule has 2 aliphatic rings. The molecule has 2 saturated heterocycles. The first-order valence-corrected chi connectivity index (χ1v) is 7.64. The zero-order valence-electron chi connectivity index (χ0n) is 12.6. The Morgan fingerprint density at radius 2 is 2.05 bits per heavy atom. The molecule has 0 aromatic rings. The summed E-state index contributed by atoms with van der Waals surface area (Å²) in [6, 6.07) is -0.159. The third-order valence-electron chi connectivity index (χ3n) is 4.02. The molecule has 2 rings (SSSR count). The first-order valence-electron chi connectivity index (χ1n) is 7.64. The molecule has 6 heteroatoms. The molecule has 2 aliphatic heterocycles. The zero-order valence-corrected chi connectivity index (χ0v) is 12.6. The number of rotatable bonds is 5. The molecule has 2 atom stereocenters. The second-order valence-electron chi connectivity index (χ2n) is 5.45. The van der Waals surface area contributed by atoms with Crippen LogP contribution in [0.3, 0.4) is 0 Å². The van der Waals surface area contributed by atoms with Crippen LogP contribution in [0.4, 0.5) is 0 Å². The lowest BCUT2D eigenvalue weighted by atomic mass is 10.2. The number of morpholine rings is 2. The SMILES string of the molecule is CCN1CCOC(CNC(C)C(=O)N2CCOCC2)C1. The van der Waals surface area contributed by atoms with Crippen molar-refractivity contribution in [3.63, 3.8) is 0 Å². The smallest absolute Gasteiger partial charge is 0.239 e. The second kappa shape index (κ2) is 7.93. The number of hydrogen-bond donors (Lipinski definition) is 1. The molecule has 2 unspecified atom stereocenters. The Morgan fingerprint density at radius 3 is 2.75 bits per heavy atom. The highest BCUT2D eigenvalue weighted by Crippen LogP contribution is 2.05. The van der Waals surface area contributed by atoms with Crippen LogP contribution in [0, 0.1) is 0 Å². The molecule has 0 radical (unpaired) electrons. The number of likely N-dealkylation sites (N-methyl/N-ethyl adjacent to an activating group) is 1. The van der Waals surface area contributed by atoms with Gasteiger partial charge >= 0.3 is 0 Å². The van der Waals surface area contributed by atoms with Gasteiger partial charge < -0.3 is 19.7 Å². The predicted molar refractivity (Wildman–Crippen MR) is 76.7 cm³/mol. The van der Waals surface area contributed by atoms with Gasteiger partial charge in [0.05, 0.1) is 32.0 Å². The average Bonchev–Trinajstić information content (AvgIpc) is 2.53. The van der Waals surface area contributed by atoms with Gasteiger partial charge in [-0.2, -0.15) is 0 Å². The minimum Gasteiger partial charge on any atom is -0.378 e. The summed E-state index contributed by atoms with van der Waals surface area (Å²) in [6.07, 6.45) is 0.184. The van der Waals surface area contributed by atoms with Crippen LogP contribution in [-0.2, 0) is 14.3 Å². The van der Waals surface area contributed by atoms with Crippen LogP contribution in [0.5, 0.6) is 0 Å². The highest BCUT2D eigenvalue weighted by molar-refractivity contribution is 5.81. The molecule has 0 bridgehead atoms. The van der Waals surface area contributed by atoms with Gasteiger partial charge in [-0.15, -0.1) is 0 Å². The van der Waals surface area contributed by atoms with Crippen LogP contribution in [0.2, 0.25) is 0 Å². The summed E-state index contributed by atoms with van der Waals surface area (Å²) < 4.78 is 11.0. The van der Waals surface area contributed by atoms with Gasteiger partial charge in [0.2, 0.25) is 5.91 Å². The highest BCUT2D eigenvalue weighted by atomic mass is 16.5. The fourth-order valence-corrected chi connectivity index (χ4v) is 2.64. The van der Waals surface area contributed by atoms with Crippen LogP contribution in [-0.4, -0.2) is 86.9 Å². The van der Waals surface area contributed by atoms with Gasteiger partial charge in [-0.05, 0) is 13.5 Å². The van der Waals surface area contributed by atoms with Gasteiger partial charge in [0.15, 0.2) is 0 Å². The van der Waals surface area contributed by atoms with Crippen LogP contribution in [0.1, 0.15) is 13.8 Å². The minimum absolute atomic E-state index is 0.159. The Morgan fingerprint density at radius 1 is 1.30 bits per heavy atom. The number of hydrogen-bond acceptors (Lipinski definition) is 5. The molecule has 1 amide bonds. The summed E-state index contributed by atoms with van der Waals surface area (Å²) in [5.41, 5.74) is 0. The van der Waals surface area contributed by atoms with E-state index in [9.17, 15) is 4.79 Å². The fraction of sp³-hybridized carbons (Fsp3) is 0.929. The fourth-order valence-electron chi connectivity index (χ4n) is 2.64. The topological polar surface area (TPSA) is 54.0 Å². The van der Waals surface area contributed by atoms with E-state index in [1.54, 1.807) is 0 Å². The van der Waals surface area contributed by atoms with Gasteiger partial charge in [0.1, 0.15) is 0 Å². The Balaban J connectivity index is 1.70.